The van der Waals surface area contributed by atoms with Crippen LogP contribution >= 0.6 is 15.9 Å². The molecular weight excluding hydrogens is 400 g/mol. The molecule has 26 heavy (non-hydrogen) atoms. The summed E-state index contributed by atoms with van der Waals surface area (Å²) in [4.78, 5) is 17.7. The van der Waals surface area contributed by atoms with Gasteiger partial charge < -0.3 is 24.6 Å². The van der Waals surface area contributed by atoms with E-state index in [9.17, 15) is 0 Å². The Bertz CT molecular complexity index is 615. The zero-order chi connectivity index (χ0) is 18.4. The highest BCUT2D eigenvalue weighted by molar-refractivity contribution is 9.10. The standard InChI is InChI=1S/C17H27BrN6O2/c1-19-16(20-6-5-13-4-3-11-26-13)23-7-9-24(10-8-23)17-21-12-14(18)15(22-17)25-2/h12-13H,3-11H2,1-2H3,(H,19,20). The molecule has 2 fully saturated rings. The van der Waals surface area contributed by atoms with Crippen LogP contribution in [-0.2, 0) is 4.74 Å². The summed E-state index contributed by atoms with van der Waals surface area (Å²) in [5.74, 6) is 2.21. The van der Waals surface area contributed by atoms with Gasteiger partial charge in [-0.1, -0.05) is 0 Å². The molecule has 3 rings (SSSR count). The van der Waals surface area contributed by atoms with Crippen molar-refractivity contribution in [2.45, 2.75) is 25.4 Å². The lowest BCUT2D eigenvalue weighted by Gasteiger charge is -2.36. The number of aliphatic imine (C=N–C) groups is 1. The predicted octanol–water partition coefficient (Wildman–Crippen LogP) is 1.51. The van der Waals surface area contributed by atoms with Gasteiger partial charge in [-0.25, -0.2) is 4.98 Å². The predicted molar refractivity (Wildman–Crippen MR) is 105 cm³/mol. The maximum Gasteiger partial charge on any atom is 0.232 e. The first-order chi connectivity index (χ1) is 12.7. The average molecular weight is 427 g/mol. The Morgan fingerprint density at radius 1 is 1.42 bits per heavy atom. The maximum atomic E-state index is 5.68. The summed E-state index contributed by atoms with van der Waals surface area (Å²) < 4.78 is 11.7. The van der Waals surface area contributed by atoms with E-state index in [-0.39, 0.29) is 0 Å². The minimum absolute atomic E-state index is 0.405. The number of ether oxygens (including phenoxy) is 2. The lowest BCUT2D eigenvalue weighted by molar-refractivity contribution is 0.105. The summed E-state index contributed by atoms with van der Waals surface area (Å²) in [5, 5.41) is 3.47. The van der Waals surface area contributed by atoms with Gasteiger partial charge in [0.2, 0.25) is 11.8 Å². The van der Waals surface area contributed by atoms with Crippen molar-refractivity contribution in [2.24, 2.45) is 4.99 Å². The van der Waals surface area contributed by atoms with E-state index in [1.54, 1.807) is 13.3 Å². The van der Waals surface area contributed by atoms with Crippen LogP contribution < -0.4 is 15.0 Å². The Kier molecular flexibility index (Phi) is 6.90. The summed E-state index contributed by atoms with van der Waals surface area (Å²) in [7, 11) is 3.45. The number of guanidine groups is 1. The number of hydrogen-bond acceptors (Lipinski definition) is 6. The third-order valence-electron chi connectivity index (χ3n) is 4.74. The Morgan fingerprint density at radius 2 is 2.23 bits per heavy atom. The van der Waals surface area contributed by atoms with Crippen molar-refractivity contribution < 1.29 is 9.47 Å². The highest BCUT2D eigenvalue weighted by Crippen LogP contribution is 2.23. The monoisotopic (exact) mass is 426 g/mol. The van der Waals surface area contributed by atoms with Crippen LogP contribution in [0.5, 0.6) is 5.88 Å². The van der Waals surface area contributed by atoms with Gasteiger partial charge in [0.15, 0.2) is 5.96 Å². The SMILES string of the molecule is CN=C(NCCC1CCCO1)N1CCN(c2ncc(Br)c(OC)n2)CC1. The molecule has 9 heteroatoms. The van der Waals surface area contributed by atoms with Gasteiger partial charge in [-0.2, -0.15) is 4.98 Å². The smallest absolute Gasteiger partial charge is 0.232 e. The molecule has 0 aromatic carbocycles. The number of rotatable bonds is 5. The number of anilines is 1. The second-order valence-corrected chi connectivity index (χ2v) is 7.25. The van der Waals surface area contributed by atoms with Crippen molar-refractivity contribution in [3.8, 4) is 5.88 Å². The number of hydrogen-bond donors (Lipinski definition) is 1. The fourth-order valence-corrected chi connectivity index (χ4v) is 3.66. The normalized spacial score (nSPS) is 21.2. The summed E-state index contributed by atoms with van der Waals surface area (Å²) in [6, 6.07) is 0. The molecule has 3 heterocycles. The molecule has 2 aliphatic heterocycles. The molecule has 1 aromatic rings. The number of aromatic nitrogens is 2. The van der Waals surface area contributed by atoms with Crippen LogP contribution in [0.25, 0.3) is 0 Å². The molecule has 2 aliphatic rings. The Hall–Kier alpha value is -1.61. The Morgan fingerprint density at radius 3 is 2.88 bits per heavy atom. The van der Waals surface area contributed by atoms with Gasteiger partial charge in [-0.15, -0.1) is 0 Å². The van der Waals surface area contributed by atoms with Gasteiger partial charge in [0.25, 0.3) is 0 Å². The molecule has 1 aromatic heterocycles. The van der Waals surface area contributed by atoms with Gasteiger partial charge in [-0.05, 0) is 35.2 Å². The number of halogens is 1. The molecule has 0 spiro atoms. The fourth-order valence-electron chi connectivity index (χ4n) is 3.31. The van der Waals surface area contributed by atoms with E-state index in [1.165, 1.54) is 12.8 Å². The first kappa shape index (κ1) is 19.2. The summed E-state index contributed by atoms with van der Waals surface area (Å²) in [5.41, 5.74) is 0. The lowest BCUT2D eigenvalue weighted by atomic mass is 10.2. The molecule has 2 saturated heterocycles. The lowest BCUT2D eigenvalue weighted by Crippen LogP contribution is -2.53. The van der Waals surface area contributed by atoms with E-state index in [0.717, 1.165) is 56.2 Å². The van der Waals surface area contributed by atoms with Crippen molar-refractivity contribution in [2.75, 3.05) is 58.4 Å². The zero-order valence-corrected chi connectivity index (χ0v) is 17.0. The van der Waals surface area contributed by atoms with Gasteiger partial charge >= 0.3 is 0 Å². The highest BCUT2D eigenvalue weighted by atomic mass is 79.9. The van der Waals surface area contributed by atoms with Gasteiger partial charge in [-0.3, -0.25) is 4.99 Å². The summed E-state index contributed by atoms with van der Waals surface area (Å²) in [6.45, 7) is 5.24. The summed E-state index contributed by atoms with van der Waals surface area (Å²) >= 11 is 3.39. The maximum absolute atomic E-state index is 5.68. The zero-order valence-electron chi connectivity index (χ0n) is 15.4. The van der Waals surface area contributed by atoms with E-state index >= 15 is 0 Å². The largest absolute Gasteiger partial charge is 0.480 e. The number of piperazine rings is 1. The molecule has 8 nitrogen and oxygen atoms in total. The second kappa shape index (κ2) is 9.36. The highest BCUT2D eigenvalue weighted by Gasteiger charge is 2.22. The molecule has 0 radical (unpaired) electrons. The van der Waals surface area contributed by atoms with Gasteiger partial charge in [0.05, 0.1) is 23.9 Å². The summed E-state index contributed by atoms with van der Waals surface area (Å²) in [6.07, 6.45) is 5.53. The number of nitrogens with one attached hydrogen (secondary N) is 1. The van der Waals surface area contributed by atoms with Crippen molar-refractivity contribution >= 4 is 27.8 Å². The van der Waals surface area contributed by atoms with Crippen LogP contribution in [0.15, 0.2) is 15.7 Å². The second-order valence-electron chi connectivity index (χ2n) is 6.40. The molecule has 1 N–H and O–H groups in total. The molecule has 144 valence electrons. The first-order valence-electron chi connectivity index (χ1n) is 9.10. The first-order valence-corrected chi connectivity index (χ1v) is 9.89. The molecule has 1 atom stereocenters. The van der Waals surface area contributed by atoms with Crippen LogP contribution in [0.2, 0.25) is 0 Å². The third kappa shape index (κ3) is 4.76. The number of methoxy groups -OCH3 is 1. The van der Waals surface area contributed by atoms with Crippen molar-refractivity contribution in [3.05, 3.63) is 10.7 Å². The van der Waals surface area contributed by atoms with E-state index in [0.29, 0.717) is 17.9 Å². The van der Waals surface area contributed by atoms with E-state index in [1.807, 2.05) is 7.05 Å². The van der Waals surface area contributed by atoms with E-state index < -0.39 is 0 Å². The molecular formula is C17H27BrN6O2. The fraction of sp³-hybridized carbons (Fsp3) is 0.706. The quantitative estimate of drug-likeness (QED) is 0.564. The van der Waals surface area contributed by atoms with Crippen molar-refractivity contribution in [1.29, 1.82) is 0 Å². The molecule has 0 aliphatic carbocycles. The molecule has 1 unspecified atom stereocenters. The van der Waals surface area contributed by atoms with Crippen LogP contribution in [0, 0.1) is 0 Å². The van der Waals surface area contributed by atoms with Crippen LogP contribution in [0.4, 0.5) is 5.95 Å². The molecule has 0 amide bonds. The minimum Gasteiger partial charge on any atom is -0.480 e. The third-order valence-corrected chi connectivity index (χ3v) is 5.28. The molecule has 0 bridgehead atoms. The van der Waals surface area contributed by atoms with Crippen LogP contribution in [0.3, 0.4) is 0 Å². The number of nitrogens with zero attached hydrogens (tertiary/aromatic N) is 5. The van der Waals surface area contributed by atoms with E-state index in [4.69, 9.17) is 9.47 Å². The minimum atomic E-state index is 0.405. The van der Waals surface area contributed by atoms with E-state index in [2.05, 4.69) is 46.0 Å². The molecule has 0 saturated carbocycles. The van der Waals surface area contributed by atoms with Crippen molar-refractivity contribution in [1.82, 2.24) is 20.2 Å². The van der Waals surface area contributed by atoms with Crippen LogP contribution in [-0.4, -0.2) is 80.4 Å². The van der Waals surface area contributed by atoms with Gasteiger partial charge in [0, 0.05) is 46.4 Å². The van der Waals surface area contributed by atoms with Crippen molar-refractivity contribution in [3.63, 3.8) is 0 Å². The Balaban J connectivity index is 1.48. The average Bonchev–Trinajstić information content (AvgIpc) is 3.19. The van der Waals surface area contributed by atoms with Gasteiger partial charge in [0.1, 0.15) is 0 Å². The Labute approximate surface area is 163 Å². The topological polar surface area (TPSA) is 75.1 Å². The van der Waals surface area contributed by atoms with Crippen LogP contribution in [0.1, 0.15) is 19.3 Å².